The summed E-state index contributed by atoms with van der Waals surface area (Å²) < 4.78 is 25.3. The first-order valence-corrected chi connectivity index (χ1v) is 6.57. The zero-order valence-corrected chi connectivity index (χ0v) is 10.3. The van der Waals surface area contributed by atoms with Gasteiger partial charge in [0.15, 0.2) is 0 Å². The molecule has 0 aliphatic heterocycles. The van der Waals surface area contributed by atoms with Crippen LogP contribution in [0.2, 0.25) is 0 Å². The summed E-state index contributed by atoms with van der Waals surface area (Å²) in [7, 11) is -4.37. The maximum atomic E-state index is 11.4. The molecule has 4 N–H and O–H groups in total. The van der Waals surface area contributed by atoms with Gasteiger partial charge in [-0.05, 0) is 13.0 Å². The predicted molar refractivity (Wildman–Crippen MR) is 61.0 cm³/mol. The molecule has 8 nitrogen and oxygen atoms in total. The lowest BCUT2D eigenvalue weighted by molar-refractivity contribution is 0.199. The van der Waals surface area contributed by atoms with E-state index in [4.69, 9.17) is 15.3 Å². The summed E-state index contributed by atoms with van der Waals surface area (Å²) in [6, 6.07) is 0.954. The Balaban J connectivity index is 2.72. The summed E-state index contributed by atoms with van der Waals surface area (Å²) in [5.74, 6) is -0.449. The van der Waals surface area contributed by atoms with Crippen molar-refractivity contribution in [3.63, 3.8) is 0 Å². The van der Waals surface area contributed by atoms with Crippen LogP contribution in [0.3, 0.4) is 0 Å². The maximum Gasteiger partial charge on any atom is 0.527 e. The summed E-state index contributed by atoms with van der Waals surface area (Å²) in [5.41, 5.74) is 4.49. The zero-order valence-electron chi connectivity index (χ0n) is 9.44. The minimum Gasteiger partial charge on any atom is -0.463 e. The molecule has 1 unspecified atom stereocenters. The van der Waals surface area contributed by atoms with Crippen LogP contribution in [-0.4, -0.2) is 23.2 Å². The highest BCUT2D eigenvalue weighted by Crippen LogP contribution is 2.42. The van der Waals surface area contributed by atoms with Gasteiger partial charge in [-0.15, -0.1) is 0 Å². The monoisotopic (exact) mass is 279 g/mol. The molecule has 18 heavy (non-hydrogen) atoms. The molecule has 0 radical (unpaired) electrons. The van der Waals surface area contributed by atoms with Crippen molar-refractivity contribution in [1.82, 2.24) is 0 Å². The van der Waals surface area contributed by atoms with Crippen molar-refractivity contribution in [2.24, 2.45) is 5.73 Å². The minimum atomic E-state index is -4.37. The molecule has 0 amide bonds. The molecule has 9 heteroatoms. The smallest absolute Gasteiger partial charge is 0.463 e. The number of nitrogens with two attached hydrogens (primary N) is 1. The number of hydrogen-bond acceptors (Lipinski definition) is 7. The fraction of sp³-hybridized carbons (Fsp3) is 0.444. The van der Waals surface area contributed by atoms with Crippen LogP contribution in [0.1, 0.15) is 12.2 Å². The van der Waals surface area contributed by atoms with E-state index in [0.717, 1.165) is 12.3 Å². The van der Waals surface area contributed by atoms with Crippen molar-refractivity contribution in [3.8, 4) is 5.75 Å². The second kappa shape index (κ2) is 6.67. The Morgan fingerprint density at radius 1 is 1.50 bits per heavy atom. The fourth-order valence-electron chi connectivity index (χ4n) is 1.00. The van der Waals surface area contributed by atoms with Gasteiger partial charge >= 0.3 is 7.82 Å². The number of phosphoric acid groups is 1. The molecule has 1 atom stereocenters. The molecule has 0 spiro atoms. The highest BCUT2D eigenvalue weighted by molar-refractivity contribution is 7.47. The van der Waals surface area contributed by atoms with Gasteiger partial charge in [-0.2, -0.15) is 0 Å². The van der Waals surface area contributed by atoms with Crippen LogP contribution in [-0.2, 0) is 15.7 Å². The van der Waals surface area contributed by atoms with Gasteiger partial charge in [0.05, 0.1) is 6.61 Å². The highest BCUT2D eigenvalue weighted by Gasteiger charge is 2.24. The van der Waals surface area contributed by atoms with E-state index in [9.17, 15) is 14.3 Å². The predicted octanol–water partition coefficient (Wildman–Crippen LogP) is -0.0233. The average molecular weight is 279 g/mol. The largest absolute Gasteiger partial charge is 0.527 e. The van der Waals surface area contributed by atoms with Gasteiger partial charge in [0.1, 0.15) is 18.6 Å². The Bertz CT molecular complexity index is 486. The molecule has 0 fully saturated rings. The van der Waals surface area contributed by atoms with Crippen LogP contribution in [0.4, 0.5) is 0 Å². The average Bonchev–Trinajstić information content (AvgIpc) is 2.31. The van der Waals surface area contributed by atoms with E-state index in [-0.39, 0.29) is 12.4 Å². The normalized spacial score (nSPS) is 14.2. The number of rotatable bonds is 7. The van der Waals surface area contributed by atoms with Gasteiger partial charge in [0.25, 0.3) is 0 Å². The molecule has 1 aromatic rings. The van der Waals surface area contributed by atoms with Gasteiger partial charge in [-0.3, -0.25) is 14.2 Å². The maximum absolute atomic E-state index is 11.4. The van der Waals surface area contributed by atoms with E-state index in [1.807, 2.05) is 0 Å². The zero-order chi connectivity index (χ0) is 13.6. The SMILES string of the molecule is NCCCOP(=O)(O)Oc1coc(CO)cc1=O. The van der Waals surface area contributed by atoms with Gasteiger partial charge in [0.2, 0.25) is 11.2 Å². The van der Waals surface area contributed by atoms with Crippen LogP contribution in [0.5, 0.6) is 5.75 Å². The summed E-state index contributed by atoms with van der Waals surface area (Å²) in [4.78, 5) is 20.7. The molecule has 1 heterocycles. The third-order valence-corrected chi connectivity index (χ3v) is 2.76. The van der Waals surface area contributed by atoms with E-state index in [1.54, 1.807) is 0 Å². The molecule has 0 aliphatic carbocycles. The lowest BCUT2D eigenvalue weighted by atomic mass is 10.4. The lowest BCUT2D eigenvalue weighted by Crippen LogP contribution is -2.09. The van der Waals surface area contributed by atoms with Crippen molar-refractivity contribution in [2.75, 3.05) is 13.2 Å². The fourth-order valence-corrected chi connectivity index (χ4v) is 1.80. The second-order valence-electron chi connectivity index (χ2n) is 3.27. The van der Waals surface area contributed by atoms with Crippen LogP contribution < -0.4 is 15.7 Å². The second-order valence-corrected chi connectivity index (χ2v) is 4.65. The standard InChI is InChI=1S/C9H14NO7P/c10-2-1-3-16-18(13,14)17-9-6-15-7(5-11)4-8(9)12/h4,6,11H,1-3,5,10H2,(H,13,14). The summed E-state index contributed by atoms with van der Waals surface area (Å²) >= 11 is 0. The molecule has 1 aromatic heterocycles. The van der Waals surface area contributed by atoms with E-state index in [1.165, 1.54) is 0 Å². The van der Waals surface area contributed by atoms with E-state index < -0.39 is 25.6 Å². The third-order valence-electron chi connectivity index (χ3n) is 1.82. The molecule has 102 valence electrons. The molecule has 0 bridgehead atoms. The molecule has 0 saturated carbocycles. The Hall–Kier alpha value is -1.18. The van der Waals surface area contributed by atoms with Crippen molar-refractivity contribution < 1.29 is 28.0 Å². The number of aliphatic hydroxyl groups excluding tert-OH is 1. The van der Waals surface area contributed by atoms with Crippen molar-refractivity contribution >= 4 is 7.82 Å². The molecular weight excluding hydrogens is 265 g/mol. The topological polar surface area (TPSA) is 132 Å². The van der Waals surface area contributed by atoms with E-state index in [0.29, 0.717) is 13.0 Å². The number of hydrogen-bond donors (Lipinski definition) is 3. The van der Waals surface area contributed by atoms with Crippen molar-refractivity contribution in [2.45, 2.75) is 13.0 Å². The first-order chi connectivity index (χ1) is 8.48. The van der Waals surface area contributed by atoms with E-state index in [2.05, 4.69) is 9.05 Å². The number of aliphatic hydroxyl groups is 1. The van der Waals surface area contributed by atoms with Crippen molar-refractivity contribution in [3.05, 3.63) is 28.3 Å². The molecule has 1 rings (SSSR count). The molecular formula is C9H14NO7P. The Kier molecular flexibility index (Phi) is 5.52. The van der Waals surface area contributed by atoms with Crippen LogP contribution in [0, 0.1) is 0 Å². The lowest BCUT2D eigenvalue weighted by Gasteiger charge is -2.11. The van der Waals surface area contributed by atoms with Crippen molar-refractivity contribution in [1.29, 1.82) is 0 Å². The summed E-state index contributed by atoms with van der Waals surface area (Å²) in [6.45, 7) is -0.225. The van der Waals surface area contributed by atoms with Gasteiger partial charge in [-0.25, -0.2) is 4.57 Å². The van der Waals surface area contributed by atoms with E-state index >= 15 is 0 Å². The summed E-state index contributed by atoms with van der Waals surface area (Å²) in [5, 5.41) is 8.71. The first-order valence-electron chi connectivity index (χ1n) is 5.08. The Labute approximate surface area is 103 Å². The van der Waals surface area contributed by atoms with Crippen LogP contribution >= 0.6 is 7.82 Å². The quantitative estimate of drug-likeness (QED) is 0.468. The Morgan fingerprint density at radius 2 is 2.22 bits per heavy atom. The molecule has 0 aromatic carbocycles. The van der Waals surface area contributed by atoms with Crippen LogP contribution in [0.25, 0.3) is 0 Å². The summed E-state index contributed by atoms with van der Waals surface area (Å²) in [6.07, 6.45) is 1.22. The third kappa shape index (κ3) is 4.59. The molecule has 0 saturated heterocycles. The Morgan fingerprint density at radius 3 is 2.78 bits per heavy atom. The highest BCUT2D eigenvalue weighted by atomic mass is 31.2. The van der Waals surface area contributed by atoms with Gasteiger partial charge < -0.3 is 19.8 Å². The van der Waals surface area contributed by atoms with Crippen LogP contribution in [0.15, 0.2) is 21.5 Å². The van der Waals surface area contributed by atoms with Gasteiger partial charge in [-0.1, -0.05) is 0 Å². The van der Waals surface area contributed by atoms with Gasteiger partial charge in [0, 0.05) is 6.07 Å². The minimum absolute atomic E-state index is 0.0178. The number of phosphoric ester groups is 1. The molecule has 0 aliphatic rings. The first kappa shape index (κ1) is 14.9.